The minimum absolute atomic E-state index is 0.00337. The molecular weight excluding hydrogens is 348 g/mol. The van der Waals surface area contributed by atoms with Gasteiger partial charge in [0.25, 0.3) is 11.8 Å². The highest BCUT2D eigenvalue weighted by Gasteiger charge is 2.25. The third-order valence-electron chi connectivity index (χ3n) is 3.97. The SMILES string of the molecule is C[C@@H](O)[C@H](NC(=O)c1ccc(/C=C/c2ccc(CO)cc2)cc1)C(=O)NO. The number of hydrogen-bond acceptors (Lipinski definition) is 5. The minimum atomic E-state index is -1.26. The predicted octanol–water partition coefficient (Wildman–Crippen LogP) is 1.33. The summed E-state index contributed by atoms with van der Waals surface area (Å²) in [7, 11) is 0. The molecule has 0 aromatic heterocycles. The molecule has 2 amide bonds. The number of aliphatic hydroxyl groups is 2. The first-order valence-corrected chi connectivity index (χ1v) is 8.35. The molecule has 0 unspecified atom stereocenters. The molecule has 0 aliphatic heterocycles. The van der Waals surface area contributed by atoms with Crippen molar-refractivity contribution in [1.29, 1.82) is 0 Å². The average molecular weight is 370 g/mol. The first-order valence-electron chi connectivity index (χ1n) is 8.35. The Morgan fingerprint density at radius 3 is 1.96 bits per heavy atom. The summed E-state index contributed by atoms with van der Waals surface area (Å²) < 4.78 is 0. The normalized spacial score (nSPS) is 13.2. The van der Waals surface area contributed by atoms with Gasteiger partial charge in [0.15, 0.2) is 0 Å². The van der Waals surface area contributed by atoms with Crippen LogP contribution >= 0.6 is 0 Å². The molecule has 0 fully saturated rings. The zero-order chi connectivity index (χ0) is 19.8. The highest BCUT2D eigenvalue weighted by molar-refractivity contribution is 5.97. The van der Waals surface area contributed by atoms with Gasteiger partial charge in [-0.05, 0) is 35.7 Å². The van der Waals surface area contributed by atoms with Gasteiger partial charge in [0.05, 0.1) is 12.7 Å². The smallest absolute Gasteiger partial charge is 0.268 e. The van der Waals surface area contributed by atoms with E-state index in [0.29, 0.717) is 5.56 Å². The highest BCUT2D eigenvalue weighted by atomic mass is 16.5. The number of amides is 2. The fourth-order valence-corrected chi connectivity index (χ4v) is 2.37. The monoisotopic (exact) mass is 370 g/mol. The number of carbonyl (C=O) groups is 2. The molecule has 142 valence electrons. The largest absolute Gasteiger partial charge is 0.392 e. The van der Waals surface area contributed by atoms with Crippen LogP contribution in [0, 0.1) is 0 Å². The van der Waals surface area contributed by atoms with E-state index in [1.54, 1.807) is 24.3 Å². The van der Waals surface area contributed by atoms with Gasteiger partial charge in [-0.25, -0.2) is 5.48 Å². The molecule has 0 bridgehead atoms. The van der Waals surface area contributed by atoms with Crippen molar-refractivity contribution in [3.63, 3.8) is 0 Å². The van der Waals surface area contributed by atoms with Crippen molar-refractivity contribution < 1.29 is 25.0 Å². The van der Waals surface area contributed by atoms with Crippen molar-refractivity contribution >= 4 is 24.0 Å². The number of nitrogens with one attached hydrogen (secondary N) is 2. The summed E-state index contributed by atoms with van der Waals surface area (Å²) >= 11 is 0. The van der Waals surface area contributed by atoms with Gasteiger partial charge in [0.1, 0.15) is 6.04 Å². The van der Waals surface area contributed by atoms with Crippen LogP contribution in [0.25, 0.3) is 12.2 Å². The second-order valence-corrected chi connectivity index (χ2v) is 6.02. The molecule has 2 atom stereocenters. The molecule has 0 saturated carbocycles. The Kier molecular flexibility index (Phi) is 7.25. The number of aliphatic hydroxyl groups excluding tert-OH is 2. The maximum Gasteiger partial charge on any atom is 0.268 e. The van der Waals surface area contributed by atoms with E-state index in [2.05, 4.69) is 5.32 Å². The summed E-state index contributed by atoms with van der Waals surface area (Å²) in [6.45, 7) is 1.34. The van der Waals surface area contributed by atoms with Crippen LogP contribution in [-0.4, -0.2) is 39.4 Å². The summed E-state index contributed by atoms with van der Waals surface area (Å²) in [4.78, 5) is 23.7. The molecule has 2 rings (SSSR count). The van der Waals surface area contributed by atoms with Crippen LogP contribution in [0.15, 0.2) is 48.5 Å². The first kappa shape index (κ1) is 20.3. The second kappa shape index (κ2) is 9.63. The summed E-state index contributed by atoms with van der Waals surface area (Å²) in [5, 5.41) is 29.6. The average Bonchev–Trinajstić information content (AvgIpc) is 2.70. The summed E-state index contributed by atoms with van der Waals surface area (Å²) in [6.07, 6.45) is 2.62. The molecule has 0 heterocycles. The van der Waals surface area contributed by atoms with E-state index in [-0.39, 0.29) is 6.61 Å². The maximum atomic E-state index is 12.2. The lowest BCUT2D eigenvalue weighted by molar-refractivity contribution is -0.133. The fourth-order valence-electron chi connectivity index (χ4n) is 2.37. The number of benzene rings is 2. The van der Waals surface area contributed by atoms with Crippen molar-refractivity contribution in [2.24, 2.45) is 0 Å². The van der Waals surface area contributed by atoms with Gasteiger partial charge in [-0.1, -0.05) is 48.6 Å². The van der Waals surface area contributed by atoms with Gasteiger partial charge in [0, 0.05) is 5.56 Å². The highest BCUT2D eigenvalue weighted by Crippen LogP contribution is 2.11. The summed E-state index contributed by atoms with van der Waals surface area (Å²) in [6, 6.07) is 12.9. The van der Waals surface area contributed by atoms with E-state index in [0.717, 1.165) is 16.7 Å². The van der Waals surface area contributed by atoms with Gasteiger partial charge < -0.3 is 15.5 Å². The zero-order valence-corrected chi connectivity index (χ0v) is 14.8. The molecule has 0 aliphatic carbocycles. The lowest BCUT2D eigenvalue weighted by Gasteiger charge is -2.19. The molecule has 7 nitrogen and oxygen atoms in total. The van der Waals surface area contributed by atoms with E-state index in [1.807, 2.05) is 36.4 Å². The quantitative estimate of drug-likeness (QED) is 0.286. The Morgan fingerprint density at radius 2 is 1.52 bits per heavy atom. The van der Waals surface area contributed by atoms with Gasteiger partial charge in [-0.3, -0.25) is 14.8 Å². The van der Waals surface area contributed by atoms with Crippen LogP contribution in [0.3, 0.4) is 0 Å². The summed E-state index contributed by atoms with van der Waals surface area (Å²) in [5.41, 5.74) is 4.42. The lowest BCUT2D eigenvalue weighted by Crippen LogP contribution is -2.51. The van der Waals surface area contributed by atoms with Crippen LogP contribution < -0.4 is 10.8 Å². The Morgan fingerprint density at radius 1 is 1.00 bits per heavy atom. The zero-order valence-electron chi connectivity index (χ0n) is 14.8. The van der Waals surface area contributed by atoms with Crippen LogP contribution in [0.1, 0.15) is 34.0 Å². The van der Waals surface area contributed by atoms with Crippen molar-refractivity contribution in [3.05, 3.63) is 70.8 Å². The Bertz CT molecular complexity index is 798. The van der Waals surface area contributed by atoms with E-state index >= 15 is 0 Å². The Hall–Kier alpha value is -3.00. The predicted molar refractivity (Wildman–Crippen MR) is 101 cm³/mol. The van der Waals surface area contributed by atoms with Crippen molar-refractivity contribution in [3.8, 4) is 0 Å². The molecule has 5 N–H and O–H groups in total. The Labute approximate surface area is 156 Å². The third-order valence-corrected chi connectivity index (χ3v) is 3.97. The van der Waals surface area contributed by atoms with Gasteiger partial charge in [-0.15, -0.1) is 0 Å². The fraction of sp³-hybridized carbons (Fsp3) is 0.200. The number of carbonyl (C=O) groups excluding carboxylic acids is 2. The maximum absolute atomic E-state index is 12.2. The van der Waals surface area contributed by atoms with E-state index in [1.165, 1.54) is 12.4 Å². The minimum Gasteiger partial charge on any atom is -0.392 e. The van der Waals surface area contributed by atoms with Gasteiger partial charge in [-0.2, -0.15) is 0 Å². The summed E-state index contributed by atoms with van der Waals surface area (Å²) in [5.74, 6) is -1.44. The molecule has 7 heteroatoms. The Balaban J connectivity index is 2.03. The molecule has 27 heavy (non-hydrogen) atoms. The number of hydrogen-bond donors (Lipinski definition) is 5. The van der Waals surface area contributed by atoms with Gasteiger partial charge >= 0.3 is 0 Å². The molecule has 0 radical (unpaired) electrons. The standard InChI is InChI=1S/C20H22N2O5/c1-13(24)18(20(26)22-27)21-19(25)17-10-8-15(9-11-17)3-2-14-4-6-16(12-23)7-5-14/h2-11,13,18,23-24,27H,12H2,1H3,(H,21,25)(H,22,26)/b3-2+/t13-,18+/m1/s1. The van der Waals surface area contributed by atoms with Crippen LogP contribution in [0.2, 0.25) is 0 Å². The number of hydroxylamine groups is 1. The van der Waals surface area contributed by atoms with E-state index in [9.17, 15) is 14.7 Å². The second-order valence-electron chi connectivity index (χ2n) is 6.02. The van der Waals surface area contributed by atoms with Crippen molar-refractivity contribution in [2.45, 2.75) is 25.7 Å². The van der Waals surface area contributed by atoms with Crippen LogP contribution in [0.5, 0.6) is 0 Å². The van der Waals surface area contributed by atoms with Crippen molar-refractivity contribution in [2.75, 3.05) is 0 Å². The lowest BCUT2D eigenvalue weighted by atomic mass is 10.1. The molecule has 2 aromatic carbocycles. The topological polar surface area (TPSA) is 119 Å². The van der Waals surface area contributed by atoms with Crippen LogP contribution in [-0.2, 0) is 11.4 Å². The molecule has 0 spiro atoms. The van der Waals surface area contributed by atoms with E-state index in [4.69, 9.17) is 10.3 Å². The molecule has 0 aliphatic rings. The number of rotatable bonds is 7. The first-order chi connectivity index (χ1) is 12.9. The molecule has 0 saturated heterocycles. The van der Waals surface area contributed by atoms with Crippen LogP contribution in [0.4, 0.5) is 0 Å². The van der Waals surface area contributed by atoms with Crippen molar-refractivity contribution in [1.82, 2.24) is 10.8 Å². The third kappa shape index (κ3) is 5.75. The molecular formula is C20H22N2O5. The molecule has 2 aromatic rings. The van der Waals surface area contributed by atoms with E-state index < -0.39 is 24.0 Å². The van der Waals surface area contributed by atoms with Gasteiger partial charge in [0.2, 0.25) is 0 Å².